The minimum atomic E-state index is -0.341. The van der Waals surface area contributed by atoms with E-state index in [0.29, 0.717) is 42.5 Å². The summed E-state index contributed by atoms with van der Waals surface area (Å²) in [5.41, 5.74) is 1.04. The number of aromatic nitrogens is 1. The summed E-state index contributed by atoms with van der Waals surface area (Å²) in [6, 6.07) is 1.40. The average molecular weight is 440 g/mol. The van der Waals surface area contributed by atoms with E-state index in [0.717, 1.165) is 25.7 Å². The third-order valence-electron chi connectivity index (χ3n) is 6.56. The summed E-state index contributed by atoms with van der Waals surface area (Å²) in [6.07, 6.45) is 6.43. The number of fused-ring (bicyclic) bond motifs is 1. The number of hydrogen-bond donors (Lipinski definition) is 1. The van der Waals surface area contributed by atoms with Gasteiger partial charge in [-0.2, -0.15) is 0 Å². The van der Waals surface area contributed by atoms with Crippen LogP contribution in [0.2, 0.25) is 0 Å². The van der Waals surface area contributed by atoms with E-state index in [9.17, 15) is 14.7 Å². The summed E-state index contributed by atoms with van der Waals surface area (Å²) >= 11 is 0. The molecular formula is C25H33N3O4. The molecule has 4 rings (SSSR count). The van der Waals surface area contributed by atoms with Gasteiger partial charge in [0.2, 0.25) is 11.8 Å². The number of aliphatic hydroxyl groups is 1. The van der Waals surface area contributed by atoms with Gasteiger partial charge in [-0.15, -0.1) is 0 Å². The van der Waals surface area contributed by atoms with Crippen molar-refractivity contribution in [3.8, 4) is 17.7 Å². The third kappa shape index (κ3) is 5.42. The van der Waals surface area contributed by atoms with Gasteiger partial charge in [0, 0.05) is 43.6 Å². The summed E-state index contributed by atoms with van der Waals surface area (Å²) < 4.78 is 6.25. The zero-order chi connectivity index (χ0) is 22.8. The number of hydrogen-bond acceptors (Lipinski definition) is 5. The number of nitrogens with zero attached hydrogens (tertiary/aromatic N) is 3. The van der Waals surface area contributed by atoms with E-state index >= 15 is 0 Å². The van der Waals surface area contributed by atoms with Crippen LogP contribution in [0.4, 0.5) is 0 Å². The molecule has 0 bridgehead atoms. The van der Waals surface area contributed by atoms with Crippen LogP contribution in [0.1, 0.15) is 61.9 Å². The van der Waals surface area contributed by atoms with Crippen molar-refractivity contribution in [1.82, 2.24) is 14.8 Å². The first kappa shape index (κ1) is 22.6. The number of carbonyl (C=O) groups excluding carboxylic acids is 2. The van der Waals surface area contributed by atoms with Gasteiger partial charge in [-0.05, 0) is 44.6 Å². The second kappa shape index (κ2) is 9.50. The maximum atomic E-state index is 13.4. The summed E-state index contributed by atoms with van der Waals surface area (Å²) in [7, 11) is 1.81. The number of pyridine rings is 1. The molecule has 2 fully saturated rings. The molecule has 3 atom stereocenters. The van der Waals surface area contributed by atoms with Crippen LogP contribution in [0.25, 0.3) is 0 Å². The monoisotopic (exact) mass is 439 g/mol. The molecule has 2 aliphatic carbocycles. The molecule has 1 N–H and O–H groups in total. The molecule has 1 aromatic heterocycles. The molecule has 7 nitrogen and oxygen atoms in total. The highest BCUT2D eigenvalue weighted by Crippen LogP contribution is 2.33. The Labute approximate surface area is 190 Å². The Hall–Kier alpha value is -2.59. The molecule has 2 saturated carbocycles. The van der Waals surface area contributed by atoms with Crippen molar-refractivity contribution in [3.05, 3.63) is 23.4 Å². The largest absolute Gasteiger partial charge is 0.472 e. The lowest BCUT2D eigenvalue weighted by Crippen LogP contribution is -2.50. The highest BCUT2D eigenvalue weighted by molar-refractivity contribution is 5.97. The van der Waals surface area contributed by atoms with Crippen LogP contribution < -0.4 is 4.74 Å². The van der Waals surface area contributed by atoms with Crippen molar-refractivity contribution in [2.24, 2.45) is 17.8 Å². The zero-order valence-corrected chi connectivity index (χ0v) is 19.2. The molecule has 2 heterocycles. The lowest BCUT2D eigenvalue weighted by molar-refractivity contribution is -0.131. The molecule has 0 saturated heterocycles. The first-order valence-corrected chi connectivity index (χ1v) is 11.7. The van der Waals surface area contributed by atoms with Crippen LogP contribution in [0, 0.1) is 29.6 Å². The molecular weight excluding hydrogens is 406 g/mol. The molecule has 0 aromatic carbocycles. The van der Waals surface area contributed by atoms with Gasteiger partial charge in [-0.3, -0.25) is 9.59 Å². The lowest BCUT2D eigenvalue weighted by atomic mass is 9.99. The van der Waals surface area contributed by atoms with Gasteiger partial charge in [0.15, 0.2) is 0 Å². The number of ether oxygens (including phenoxy) is 1. The van der Waals surface area contributed by atoms with Crippen molar-refractivity contribution in [2.45, 2.75) is 58.1 Å². The van der Waals surface area contributed by atoms with Gasteiger partial charge in [0.1, 0.15) is 11.7 Å². The Morgan fingerprint density at radius 2 is 2.12 bits per heavy atom. The first-order valence-electron chi connectivity index (χ1n) is 11.7. The third-order valence-corrected chi connectivity index (χ3v) is 6.56. The van der Waals surface area contributed by atoms with Crippen LogP contribution in [0.5, 0.6) is 5.88 Å². The number of likely N-dealkylation sites (N-methyl/N-ethyl adjacent to an activating group) is 1. The fourth-order valence-electron chi connectivity index (χ4n) is 3.90. The van der Waals surface area contributed by atoms with Crippen LogP contribution in [0.3, 0.4) is 0 Å². The summed E-state index contributed by atoms with van der Waals surface area (Å²) in [6.45, 7) is 4.56. The molecule has 0 radical (unpaired) electrons. The minimum Gasteiger partial charge on any atom is -0.472 e. The van der Waals surface area contributed by atoms with E-state index in [4.69, 9.17) is 4.74 Å². The first-order chi connectivity index (χ1) is 15.4. The lowest BCUT2D eigenvalue weighted by Gasteiger charge is -2.37. The van der Waals surface area contributed by atoms with Crippen LogP contribution in [0.15, 0.2) is 12.3 Å². The van der Waals surface area contributed by atoms with Gasteiger partial charge in [0.25, 0.3) is 5.91 Å². The Morgan fingerprint density at radius 1 is 1.38 bits per heavy atom. The molecule has 3 aliphatic rings. The molecule has 0 spiro atoms. The van der Waals surface area contributed by atoms with E-state index in [1.807, 2.05) is 20.9 Å². The van der Waals surface area contributed by atoms with Crippen molar-refractivity contribution >= 4 is 11.8 Å². The fourth-order valence-corrected chi connectivity index (χ4v) is 3.90. The summed E-state index contributed by atoms with van der Waals surface area (Å²) in [5, 5.41) is 9.77. The molecule has 172 valence electrons. The molecule has 0 unspecified atom stereocenters. The van der Waals surface area contributed by atoms with E-state index in [2.05, 4.69) is 16.8 Å². The molecule has 1 aliphatic heterocycles. The van der Waals surface area contributed by atoms with Gasteiger partial charge in [0.05, 0.1) is 19.2 Å². The van der Waals surface area contributed by atoms with Crippen molar-refractivity contribution in [1.29, 1.82) is 0 Å². The Kier molecular flexibility index (Phi) is 6.71. The quantitative estimate of drug-likeness (QED) is 0.688. The summed E-state index contributed by atoms with van der Waals surface area (Å²) in [4.78, 5) is 33.8. The van der Waals surface area contributed by atoms with E-state index in [-0.39, 0.29) is 42.4 Å². The average Bonchev–Trinajstić information content (AvgIpc) is 3.70. The van der Waals surface area contributed by atoms with Crippen molar-refractivity contribution < 1.29 is 19.4 Å². The van der Waals surface area contributed by atoms with Crippen molar-refractivity contribution in [3.63, 3.8) is 0 Å². The fraction of sp³-hybridized carbons (Fsp3) is 0.640. The molecule has 32 heavy (non-hydrogen) atoms. The van der Waals surface area contributed by atoms with E-state index in [1.165, 1.54) is 0 Å². The summed E-state index contributed by atoms with van der Waals surface area (Å²) in [5.74, 6) is 7.43. The number of amides is 2. The van der Waals surface area contributed by atoms with Gasteiger partial charge in [-0.25, -0.2) is 4.98 Å². The predicted molar refractivity (Wildman–Crippen MR) is 120 cm³/mol. The van der Waals surface area contributed by atoms with Gasteiger partial charge >= 0.3 is 0 Å². The van der Waals surface area contributed by atoms with Gasteiger partial charge < -0.3 is 19.6 Å². The number of rotatable bonds is 6. The van der Waals surface area contributed by atoms with Crippen molar-refractivity contribution in [2.75, 3.05) is 26.7 Å². The molecule has 7 heteroatoms. The second-order valence-corrected chi connectivity index (χ2v) is 9.66. The van der Waals surface area contributed by atoms with E-state index < -0.39 is 0 Å². The maximum absolute atomic E-state index is 13.4. The number of aliphatic hydroxyl groups excluding tert-OH is 1. The Bertz CT molecular complexity index is 929. The SMILES string of the molecule is C[C@@H]1CN([C@H](C)CO)C(=O)c2cc(C#CC3CC3)cnc2O[C@@H]1CN(C)C(=O)CC1CC1. The zero-order valence-electron chi connectivity index (χ0n) is 19.2. The second-order valence-electron chi connectivity index (χ2n) is 9.66. The molecule has 1 aromatic rings. The number of carbonyl (C=O) groups is 2. The topological polar surface area (TPSA) is 83.0 Å². The van der Waals surface area contributed by atoms with Gasteiger partial charge in [-0.1, -0.05) is 18.8 Å². The van der Waals surface area contributed by atoms with E-state index in [1.54, 1.807) is 22.1 Å². The highest BCUT2D eigenvalue weighted by atomic mass is 16.5. The standard InChI is InChI=1S/C25H33N3O4/c1-16-13-28(17(2)15-29)25(31)21-10-20(9-6-18-4-5-18)12-26-24(21)32-22(16)14-27(3)23(30)11-19-7-8-19/h10,12,16-19,22,29H,4-5,7-8,11,13-15H2,1-3H3/t16-,17-,22-/m1/s1. The molecule has 2 amide bonds. The highest BCUT2D eigenvalue weighted by Gasteiger charge is 2.35. The predicted octanol–water partition coefficient (Wildman–Crippen LogP) is 2.32. The minimum absolute atomic E-state index is 0.0478. The Morgan fingerprint density at radius 3 is 2.78 bits per heavy atom. The Balaban J connectivity index is 1.60. The maximum Gasteiger partial charge on any atom is 0.259 e. The van der Waals surface area contributed by atoms with Crippen LogP contribution in [-0.2, 0) is 4.79 Å². The van der Waals surface area contributed by atoms with Crippen LogP contribution >= 0.6 is 0 Å². The normalized spacial score (nSPS) is 23.8. The van der Waals surface area contributed by atoms with Crippen LogP contribution in [-0.4, -0.2) is 70.6 Å². The smallest absolute Gasteiger partial charge is 0.259 e.